The molecule has 0 radical (unpaired) electrons. The summed E-state index contributed by atoms with van der Waals surface area (Å²) >= 11 is 0. The van der Waals surface area contributed by atoms with Gasteiger partial charge in [-0.3, -0.25) is 0 Å². The molecule has 2 aliphatic rings. The van der Waals surface area contributed by atoms with E-state index >= 15 is 0 Å². The first-order valence-corrected chi connectivity index (χ1v) is 8.15. The number of nitrogens with zero attached hydrogens (tertiary/aromatic N) is 1. The molecule has 1 aliphatic heterocycles. The summed E-state index contributed by atoms with van der Waals surface area (Å²) in [5, 5.41) is 3.83. The van der Waals surface area contributed by atoms with E-state index in [0.717, 1.165) is 12.0 Å². The highest BCUT2D eigenvalue weighted by Gasteiger charge is 2.40. The number of hydrogen-bond donors (Lipinski definition) is 1. The Hall–Kier alpha value is -0.0800. The second-order valence-electron chi connectivity index (χ2n) is 6.70. The molecular weight excluding hydrogens is 220 g/mol. The van der Waals surface area contributed by atoms with E-state index in [2.05, 4.69) is 31.0 Å². The van der Waals surface area contributed by atoms with Crippen LogP contribution in [0.3, 0.4) is 0 Å². The quantitative estimate of drug-likeness (QED) is 0.748. The lowest BCUT2D eigenvalue weighted by Crippen LogP contribution is -2.43. The van der Waals surface area contributed by atoms with Crippen molar-refractivity contribution in [3.63, 3.8) is 0 Å². The van der Waals surface area contributed by atoms with E-state index in [1.807, 2.05) is 0 Å². The fourth-order valence-corrected chi connectivity index (χ4v) is 3.37. The number of hydrogen-bond acceptors (Lipinski definition) is 2. The van der Waals surface area contributed by atoms with Crippen LogP contribution in [0, 0.1) is 11.3 Å². The van der Waals surface area contributed by atoms with Crippen LogP contribution in [0.5, 0.6) is 0 Å². The van der Waals surface area contributed by atoms with Crippen molar-refractivity contribution in [3.8, 4) is 0 Å². The first-order chi connectivity index (χ1) is 8.69. The van der Waals surface area contributed by atoms with Crippen LogP contribution in [0.4, 0.5) is 0 Å². The minimum absolute atomic E-state index is 0.692. The summed E-state index contributed by atoms with van der Waals surface area (Å²) in [7, 11) is 0. The molecule has 0 bridgehead atoms. The summed E-state index contributed by atoms with van der Waals surface area (Å²) in [6.45, 7) is 12.3. The van der Waals surface area contributed by atoms with Crippen LogP contribution in [0.15, 0.2) is 0 Å². The molecule has 1 aliphatic carbocycles. The van der Waals surface area contributed by atoms with Crippen molar-refractivity contribution < 1.29 is 0 Å². The lowest BCUT2D eigenvalue weighted by molar-refractivity contribution is 0.160. The second kappa shape index (κ2) is 6.38. The Balaban J connectivity index is 1.66. The van der Waals surface area contributed by atoms with Gasteiger partial charge in [-0.15, -0.1) is 0 Å². The molecule has 0 aromatic heterocycles. The maximum atomic E-state index is 3.83. The topological polar surface area (TPSA) is 15.3 Å². The molecular formula is C16H32N2. The predicted octanol–water partition coefficient (Wildman–Crippen LogP) is 3.28. The number of piperidine rings is 1. The Kier molecular flexibility index (Phi) is 5.08. The van der Waals surface area contributed by atoms with Gasteiger partial charge < -0.3 is 10.2 Å². The highest BCUT2D eigenvalue weighted by Crippen LogP contribution is 2.48. The predicted molar refractivity (Wildman–Crippen MR) is 78.9 cm³/mol. The largest absolute Gasteiger partial charge is 0.313 e. The minimum atomic E-state index is 0.692. The molecule has 2 fully saturated rings. The summed E-state index contributed by atoms with van der Waals surface area (Å²) < 4.78 is 0. The monoisotopic (exact) mass is 252 g/mol. The van der Waals surface area contributed by atoms with Gasteiger partial charge in [-0.05, 0) is 76.4 Å². The fourth-order valence-electron chi connectivity index (χ4n) is 3.37. The van der Waals surface area contributed by atoms with Crippen LogP contribution in [-0.2, 0) is 0 Å². The zero-order valence-corrected chi connectivity index (χ0v) is 12.7. The third-order valence-electron chi connectivity index (χ3n) is 5.39. The highest BCUT2D eigenvalue weighted by molar-refractivity contribution is 4.94. The van der Waals surface area contributed by atoms with E-state index < -0.39 is 0 Å². The van der Waals surface area contributed by atoms with Crippen molar-refractivity contribution in [2.75, 3.05) is 26.2 Å². The highest BCUT2D eigenvalue weighted by atomic mass is 15.1. The third kappa shape index (κ3) is 3.71. The smallest absolute Gasteiger partial charge is 0.00681 e. The van der Waals surface area contributed by atoms with Crippen molar-refractivity contribution in [2.24, 2.45) is 11.3 Å². The molecule has 1 saturated heterocycles. The molecule has 0 aromatic carbocycles. The van der Waals surface area contributed by atoms with Gasteiger partial charge in [0, 0.05) is 12.6 Å². The van der Waals surface area contributed by atoms with Crippen LogP contribution in [0.2, 0.25) is 0 Å². The molecule has 0 amide bonds. The summed E-state index contributed by atoms with van der Waals surface area (Å²) in [6.07, 6.45) is 8.37. The van der Waals surface area contributed by atoms with Gasteiger partial charge in [-0.2, -0.15) is 0 Å². The third-order valence-corrected chi connectivity index (χ3v) is 5.39. The van der Waals surface area contributed by atoms with Gasteiger partial charge in [0.15, 0.2) is 0 Å². The van der Waals surface area contributed by atoms with Crippen LogP contribution >= 0.6 is 0 Å². The molecule has 2 rings (SSSR count). The maximum Gasteiger partial charge on any atom is 0.00681 e. The minimum Gasteiger partial charge on any atom is -0.313 e. The molecule has 2 nitrogen and oxygen atoms in total. The Bertz CT molecular complexity index is 239. The van der Waals surface area contributed by atoms with Gasteiger partial charge in [-0.1, -0.05) is 13.8 Å². The van der Waals surface area contributed by atoms with E-state index in [-0.39, 0.29) is 0 Å². The van der Waals surface area contributed by atoms with E-state index in [9.17, 15) is 0 Å². The molecule has 0 aromatic rings. The van der Waals surface area contributed by atoms with Crippen LogP contribution < -0.4 is 5.32 Å². The van der Waals surface area contributed by atoms with Crippen molar-refractivity contribution in [2.45, 2.75) is 65.3 Å². The van der Waals surface area contributed by atoms with Gasteiger partial charge in [0.05, 0.1) is 0 Å². The Morgan fingerprint density at radius 3 is 2.39 bits per heavy atom. The first-order valence-electron chi connectivity index (χ1n) is 8.15. The van der Waals surface area contributed by atoms with Gasteiger partial charge in [-0.25, -0.2) is 0 Å². The average Bonchev–Trinajstić information content (AvgIpc) is 3.18. The van der Waals surface area contributed by atoms with Gasteiger partial charge >= 0.3 is 0 Å². The molecule has 0 spiro atoms. The SMILES string of the molecule is CCCN1CCC(C(C)NCC2(CC)CC2)CC1. The van der Waals surface area contributed by atoms with Crippen molar-refractivity contribution in [3.05, 3.63) is 0 Å². The van der Waals surface area contributed by atoms with Crippen molar-refractivity contribution >= 4 is 0 Å². The summed E-state index contributed by atoms with van der Waals surface area (Å²) in [4.78, 5) is 2.64. The lowest BCUT2D eigenvalue weighted by Gasteiger charge is -2.35. The van der Waals surface area contributed by atoms with Gasteiger partial charge in [0.25, 0.3) is 0 Å². The second-order valence-corrected chi connectivity index (χ2v) is 6.70. The standard InChI is InChI=1S/C16H32N2/c1-4-10-18-11-6-15(7-12-18)14(3)17-13-16(5-2)8-9-16/h14-15,17H,4-13H2,1-3H3. The van der Waals surface area contributed by atoms with Crippen molar-refractivity contribution in [1.29, 1.82) is 0 Å². The van der Waals surface area contributed by atoms with E-state index in [1.165, 1.54) is 64.7 Å². The Morgan fingerprint density at radius 2 is 1.89 bits per heavy atom. The molecule has 2 heteroatoms. The fraction of sp³-hybridized carbons (Fsp3) is 1.00. The number of rotatable bonds is 7. The molecule has 1 unspecified atom stereocenters. The number of nitrogens with one attached hydrogen (secondary N) is 1. The van der Waals surface area contributed by atoms with Crippen LogP contribution in [0.1, 0.15) is 59.3 Å². The number of likely N-dealkylation sites (tertiary alicyclic amines) is 1. The van der Waals surface area contributed by atoms with Crippen molar-refractivity contribution in [1.82, 2.24) is 10.2 Å². The maximum absolute atomic E-state index is 3.83. The summed E-state index contributed by atoms with van der Waals surface area (Å²) in [5.41, 5.74) is 0.692. The van der Waals surface area contributed by atoms with Crippen LogP contribution in [0.25, 0.3) is 0 Å². The Morgan fingerprint density at radius 1 is 1.22 bits per heavy atom. The molecule has 1 saturated carbocycles. The van der Waals surface area contributed by atoms with Crippen LogP contribution in [-0.4, -0.2) is 37.1 Å². The van der Waals surface area contributed by atoms with E-state index in [0.29, 0.717) is 5.41 Å². The lowest BCUT2D eigenvalue weighted by atomic mass is 9.89. The first kappa shape index (κ1) is 14.3. The molecule has 18 heavy (non-hydrogen) atoms. The summed E-state index contributed by atoms with van der Waals surface area (Å²) in [6, 6.07) is 0.720. The zero-order chi connectivity index (χ0) is 13.0. The zero-order valence-electron chi connectivity index (χ0n) is 12.7. The molecule has 1 N–H and O–H groups in total. The molecule has 106 valence electrons. The normalized spacial score (nSPS) is 26.2. The Labute approximate surface area is 114 Å². The summed E-state index contributed by atoms with van der Waals surface area (Å²) in [5.74, 6) is 0.908. The van der Waals surface area contributed by atoms with Gasteiger partial charge in [0.1, 0.15) is 0 Å². The van der Waals surface area contributed by atoms with E-state index in [4.69, 9.17) is 0 Å². The van der Waals surface area contributed by atoms with Gasteiger partial charge in [0.2, 0.25) is 0 Å². The molecule has 1 heterocycles. The van der Waals surface area contributed by atoms with E-state index in [1.54, 1.807) is 0 Å². The average molecular weight is 252 g/mol. The molecule has 1 atom stereocenters.